The molecule has 1 rings (SSSR count). The summed E-state index contributed by atoms with van der Waals surface area (Å²) in [6, 6.07) is 0. The lowest BCUT2D eigenvalue weighted by Gasteiger charge is -1.96. The molecule has 0 nitrogen and oxygen atoms in total. The molecule has 0 bridgehead atoms. The van der Waals surface area contributed by atoms with Gasteiger partial charge >= 0.3 is 0 Å². The van der Waals surface area contributed by atoms with Crippen LogP contribution in [0.3, 0.4) is 0 Å². The minimum Gasteiger partial charge on any atom is -0.138 e. The van der Waals surface area contributed by atoms with E-state index in [1.54, 1.807) is 0 Å². The quantitative estimate of drug-likeness (QED) is 0.288. The predicted molar refractivity (Wildman–Crippen MR) is 36.9 cm³/mol. The van der Waals surface area contributed by atoms with Crippen molar-refractivity contribution < 1.29 is 0 Å². The summed E-state index contributed by atoms with van der Waals surface area (Å²) in [6.07, 6.45) is 4.62. The Bertz CT molecular complexity index is 120. The first-order chi connectivity index (χ1) is 3.39. The van der Waals surface area contributed by atoms with Crippen molar-refractivity contribution in [1.82, 2.24) is 0 Å². The van der Waals surface area contributed by atoms with E-state index >= 15 is 0 Å². The lowest BCUT2D eigenvalue weighted by Crippen LogP contribution is -1.92. The minimum absolute atomic E-state index is 1.23. The van der Waals surface area contributed by atoms with E-state index in [4.69, 9.17) is 0 Å². The fourth-order valence-corrected chi connectivity index (χ4v) is 0.788. The van der Waals surface area contributed by atoms with Gasteiger partial charge in [-0.2, -0.15) is 0 Å². The molecule has 0 radical (unpaired) electrons. The van der Waals surface area contributed by atoms with Gasteiger partial charge in [0, 0.05) is 0 Å². The first kappa shape index (κ1) is 4.80. The van der Waals surface area contributed by atoms with Crippen LogP contribution < -0.4 is 0 Å². The number of rotatable bonds is 0. The maximum atomic E-state index is 3.17. The molecule has 2 heteroatoms. The SMILES string of the molecule is BC1=C=CCBC1. The highest BCUT2D eigenvalue weighted by Gasteiger charge is 1.93. The molecule has 0 amide bonds. The predicted octanol–water partition coefficient (Wildman–Crippen LogP) is -0.0548. The Kier molecular flexibility index (Phi) is 1.43. The molecule has 0 fully saturated rings. The lowest BCUT2D eigenvalue weighted by atomic mass is 9.63. The fourth-order valence-electron chi connectivity index (χ4n) is 0.788. The van der Waals surface area contributed by atoms with Crippen LogP contribution in [0.2, 0.25) is 12.6 Å². The normalized spacial score (nSPS) is 18.0. The molecule has 0 N–H and O–H groups in total. The molecule has 1 aliphatic heterocycles. The van der Waals surface area contributed by atoms with E-state index < -0.39 is 0 Å². The van der Waals surface area contributed by atoms with E-state index in [1.165, 1.54) is 25.4 Å². The summed E-state index contributed by atoms with van der Waals surface area (Å²) in [5.74, 6) is 0. The van der Waals surface area contributed by atoms with Gasteiger partial charge in [0.15, 0.2) is 0 Å². The third-order valence-electron chi connectivity index (χ3n) is 1.25. The van der Waals surface area contributed by atoms with Crippen molar-refractivity contribution in [2.75, 3.05) is 0 Å². The minimum atomic E-state index is 1.23. The maximum Gasteiger partial charge on any atom is 0.143 e. The molecule has 0 aromatic heterocycles. The zero-order chi connectivity index (χ0) is 5.11. The molecule has 0 aliphatic carbocycles. The molecule has 0 unspecified atom stereocenters. The molecule has 7 heavy (non-hydrogen) atoms. The van der Waals surface area contributed by atoms with Crippen LogP contribution in [-0.4, -0.2) is 15.1 Å². The summed E-state index contributed by atoms with van der Waals surface area (Å²) in [5.41, 5.74) is 4.58. The van der Waals surface area contributed by atoms with Gasteiger partial charge in [-0.05, 0) is 0 Å². The summed E-state index contributed by atoms with van der Waals surface area (Å²) >= 11 is 0. The molecule has 34 valence electrons. The van der Waals surface area contributed by atoms with E-state index in [0.29, 0.717) is 0 Å². The van der Waals surface area contributed by atoms with Gasteiger partial charge in [0.05, 0.1) is 0 Å². The Morgan fingerprint density at radius 1 is 1.86 bits per heavy atom. The Morgan fingerprint density at radius 3 is 3.00 bits per heavy atom. The van der Waals surface area contributed by atoms with Crippen molar-refractivity contribution >= 4 is 15.1 Å². The van der Waals surface area contributed by atoms with Gasteiger partial charge in [-0.3, -0.25) is 0 Å². The second kappa shape index (κ2) is 2.09. The molecule has 0 atom stereocenters. The zero-order valence-electron chi connectivity index (χ0n) is 4.70. The number of allylic oxidation sites excluding steroid dienone is 1. The first-order valence-corrected chi connectivity index (χ1v) is 2.80. The highest BCUT2D eigenvalue weighted by atomic mass is 13.7. The van der Waals surface area contributed by atoms with Gasteiger partial charge in [-0.15, -0.1) is 5.73 Å². The molecule has 0 saturated carbocycles. The highest BCUT2D eigenvalue weighted by molar-refractivity contribution is 6.41. The second-order valence-electron chi connectivity index (χ2n) is 2.02. The molecule has 0 aromatic carbocycles. The largest absolute Gasteiger partial charge is 0.143 e. The van der Waals surface area contributed by atoms with E-state index in [0.717, 1.165) is 0 Å². The van der Waals surface area contributed by atoms with Crippen LogP contribution in [0, 0.1) is 0 Å². The Hall–Kier alpha value is -0.350. The molecule has 1 heterocycles. The Morgan fingerprint density at radius 2 is 2.71 bits per heavy atom. The van der Waals surface area contributed by atoms with Crippen LogP contribution in [0.5, 0.6) is 0 Å². The average Bonchev–Trinajstić information content (AvgIpc) is 1.69. The van der Waals surface area contributed by atoms with E-state index in [9.17, 15) is 0 Å². The Labute approximate surface area is 46.0 Å². The van der Waals surface area contributed by atoms with Crippen molar-refractivity contribution in [3.63, 3.8) is 0 Å². The van der Waals surface area contributed by atoms with Crippen molar-refractivity contribution in [2.45, 2.75) is 12.6 Å². The van der Waals surface area contributed by atoms with Gasteiger partial charge in [-0.1, -0.05) is 24.2 Å². The van der Waals surface area contributed by atoms with Crippen molar-refractivity contribution in [3.8, 4) is 0 Å². The van der Waals surface area contributed by atoms with Gasteiger partial charge in [0.2, 0.25) is 0 Å². The number of hydrogen-bond acceptors (Lipinski definition) is 0. The summed E-state index contributed by atoms with van der Waals surface area (Å²) < 4.78 is 0. The summed E-state index contributed by atoms with van der Waals surface area (Å²) in [4.78, 5) is 0. The van der Waals surface area contributed by atoms with Gasteiger partial charge in [0.1, 0.15) is 15.1 Å². The highest BCUT2D eigenvalue weighted by Crippen LogP contribution is 2.01. The summed E-state index contributed by atoms with van der Waals surface area (Å²) in [7, 11) is 3.47. The van der Waals surface area contributed by atoms with E-state index in [2.05, 4.69) is 19.7 Å². The van der Waals surface area contributed by atoms with Crippen LogP contribution >= 0.6 is 0 Å². The molecule has 0 spiro atoms. The van der Waals surface area contributed by atoms with Crippen molar-refractivity contribution in [2.24, 2.45) is 0 Å². The van der Waals surface area contributed by atoms with Gasteiger partial charge in [-0.25, -0.2) is 0 Å². The third kappa shape index (κ3) is 1.29. The van der Waals surface area contributed by atoms with Crippen LogP contribution in [-0.2, 0) is 0 Å². The first-order valence-electron chi connectivity index (χ1n) is 2.80. The third-order valence-corrected chi connectivity index (χ3v) is 1.25. The van der Waals surface area contributed by atoms with Crippen LogP contribution in [0.15, 0.2) is 17.3 Å². The van der Waals surface area contributed by atoms with Crippen molar-refractivity contribution in [1.29, 1.82) is 0 Å². The van der Waals surface area contributed by atoms with Crippen molar-refractivity contribution in [3.05, 3.63) is 17.3 Å². The van der Waals surface area contributed by atoms with Gasteiger partial charge < -0.3 is 0 Å². The van der Waals surface area contributed by atoms with Crippen LogP contribution in [0.25, 0.3) is 0 Å². The number of hydrogen-bond donors (Lipinski definition) is 0. The van der Waals surface area contributed by atoms with Gasteiger partial charge in [0.25, 0.3) is 0 Å². The average molecular weight is 89.7 g/mol. The summed E-state index contributed by atoms with van der Waals surface area (Å²) in [5, 5.41) is 0. The standard InChI is InChI=1S/C5H8B2/c6-5-2-1-3-7-4-5/h1,7H,3-4,6H2. The Balaban J connectivity index is 2.68. The van der Waals surface area contributed by atoms with Crippen LogP contribution in [0.1, 0.15) is 0 Å². The van der Waals surface area contributed by atoms with E-state index in [1.807, 2.05) is 0 Å². The molecule has 1 aliphatic rings. The lowest BCUT2D eigenvalue weighted by molar-refractivity contribution is 1.50. The molecular formula is C5H8B2. The monoisotopic (exact) mass is 90.1 g/mol. The van der Waals surface area contributed by atoms with E-state index in [-0.39, 0.29) is 0 Å². The topological polar surface area (TPSA) is 0 Å². The van der Waals surface area contributed by atoms with Crippen LogP contribution in [0.4, 0.5) is 0 Å². The fraction of sp³-hybridized carbons (Fsp3) is 0.400. The maximum absolute atomic E-state index is 3.17. The smallest absolute Gasteiger partial charge is 0.138 e. The molecule has 0 aromatic rings. The zero-order valence-corrected chi connectivity index (χ0v) is 4.70. The molecular weight excluding hydrogens is 81.7 g/mol. The summed E-state index contributed by atoms with van der Waals surface area (Å²) in [6.45, 7) is 0. The second-order valence-corrected chi connectivity index (χ2v) is 2.02. The molecule has 0 saturated heterocycles.